The molecule has 176 valence electrons. The Labute approximate surface area is 191 Å². The summed E-state index contributed by atoms with van der Waals surface area (Å²) >= 11 is 0. The van der Waals surface area contributed by atoms with Crippen LogP contribution in [0.3, 0.4) is 0 Å². The van der Waals surface area contributed by atoms with Crippen LogP contribution in [0.5, 0.6) is 0 Å². The third-order valence-corrected chi connectivity index (χ3v) is 5.35. The Bertz CT molecular complexity index is 670. The van der Waals surface area contributed by atoms with Gasteiger partial charge in [-0.15, -0.1) is 0 Å². The summed E-state index contributed by atoms with van der Waals surface area (Å²) in [5.74, 6) is -0.926. The fourth-order valence-electron chi connectivity index (χ4n) is 2.91. The van der Waals surface area contributed by atoms with Crippen molar-refractivity contribution in [3.63, 3.8) is 0 Å². The van der Waals surface area contributed by atoms with Gasteiger partial charge < -0.3 is 9.84 Å². The summed E-state index contributed by atoms with van der Waals surface area (Å²) in [5.41, 5.74) is 5.52. The standard InChI is InChI=1S/C28H46O3/c1-22(2)12-11-14-23(3)15-16-25(5)17-20-28(7,8)19-10-9-13-24(4)18-21-31-26(6)27(29)30/h10,12,15,18-19,26H,5,9,11,13-14,16-17,20-21H2,1-4,6-8H3,(H,29,30)/b19-10+,23-15+,24-18-. The molecule has 0 aromatic carbocycles. The molecule has 0 aliphatic heterocycles. The monoisotopic (exact) mass is 430 g/mol. The summed E-state index contributed by atoms with van der Waals surface area (Å²) in [7, 11) is 0. The lowest BCUT2D eigenvalue weighted by Crippen LogP contribution is -2.19. The van der Waals surface area contributed by atoms with Gasteiger partial charge in [-0.2, -0.15) is 0 Å². The van der Waals surface area contributed by atoms with Gasteiger partial charge in [0.15, 0.2) is 6.10 Å². The molecular weight excluding hydrogens is 384 g/mol. The number of hydrogen-bond acceptors (Lipinski definition) is 2. The van der Waals surface area contributed by atoms with Crippen LogP contribution >= 0.6 is 0 Å². The molecule has 0 aliphatic carbocycles. The van der Waals surface area contributed by atoms with Crippen molar-refractivity contribution in [1.29, 1.82) is 0 Å². The van der Waals surface area contributed by atoms with Gasteiger partial charge in [-0.25, -0.2) is 4.79 Å². The first-order valence-corrected chi connectivity index (χ1v) is 11.6. The zero-order valence-electron chi connectivity index (χ0n) is 21.1. The van der Waals surface area contributed by atoms with E-state index >= 15 is 0 Å². The van der Waals surface area contributed by atoms with Gasteiger partial charge in [0.25, 0.3) is 0 Å². The molecule has 0 spiro atoms. The molecule has 1 unspecified atom stereocenters. The van der Waals surface area contributed by atoms with Crippen LogP contribution in [0.15, 0.2) is 59.3 Å². The molecule has 0 saturated carbocycles. The molecule has 0 bridgehead atoms. The van der Waals surface area contributed by atoms with E-state index in [1.807, 2.05) is 6.08 Å². The summed E-state index contributed by atoms with van der Waals surface area (Å²) < 4.78 is 5.24. The SMILES string of the molecule is C=C(C/C=C(\C)CCC=C(C)C)CCC(C)(C)/C=C/CC/C(C)=C\COC(C)C(=O)O. The lowest BCUT2D eigenvalue weighted by atomic mass is 9.85. The maximum absolute atomic E-state index is 10.7. The second-order valence-electron chi connectivity index (χ2n) is 9.62. The number of carbonyl (C=O) groups is 1. The molecule has 0 radical (unpaired) electrons. The van der Waals surface area contributed by atoms with Gasteiger partial charge in [-0.05, 0) is 85.0 Å². The minimum Gasteiger partial charge on any atom is -0.479 e. The Morgan fingerprint density at radius 3 is 2.23 bits per heavy atom. The van der Waals surface area contributed by atoms with Crippen molar-refractivity contribution >= 4 is 5.97 Å². The van der Waals surface area contributed by atoms with Crippen molar-refractivity contribution in [2.75, 3.05) is 6.61 Å². The Morgan fingerprint density at radius 1 is 1.00 bits per heavy atom. The minimum absolute atomic E-state index is 0.156. The summed E-state index contributed by atoms with van der Waals surface area (Å²) in [5, 5.41) is 8.81. The first-order chi connectivity index (χ1) is 14.4. The lowest BCUT2D eigenvalue weighted by molar-refractivity contribution is -0.148. The van der Waals surface area contributed by atoms with Crippen LogP contribution in [0.25, 0.3) is 0 Å². The van der Waals surface area contributed by atoms with Crippen molar-refractivity contribution in [3.8, 4) is 0 Å². The van der Waals surface area contributed by atoms with Crippen LogP contribution in [0.4, 0.5) is 0 Å². The third-order valence-electron chi connectivity index (χ3n) is 5.35. The van der Waals surface area contributed by atoms with Crippen LogP contribution in [-0.4, -0.2) is 23.8 Å². The highest BCUT2D eigenvalue weighted by atomic mass is 16.5. The number of hydrogen-bond donors (Lipinski definition) is 1. The molecule has 1 atom stereocenters. The molecule has 0 rings (SSSR count). The fourth-order valence-corrected chi connectivity index (χ4v) is 2.91. The molecule has 3 nitrogen and oxygen atoms in total. The highest BCUT2D eigenvalue weighted by Crippen LogP contribution is 2.27. The van der Waals surface area contributed by atoms with E-state index in [2.05, 4.69) is 72.4 Å². The normalized spacial score (nSPS) is 14.0. The molecule has 0 heterocycles. The highest BCUT2D eigenvalue weighted by Gasteiger charge is 2.13. The number of rotatable bonds is 16. The van der Waals surface area contributed by atoms with E-state index in [4.69, 9.17) is 9.84 Å². The highest BCUT2D eigenvalue weighted by molar-refractivity contribution is 5.71. The molecule has 3 heteroatoms. The molecule has 0 amide bonds. The number of allylic oxidation sites excluding steroid dienone is 8. The molecule has 0 fully saturated rings. The quantitative estimate of drug-likeness (QED) is 0.251. The largest absolute Gasteiger partial charge is 0.479 e. The van der Waals surface area contributed by atoms with E-state index in [-0.39, 0.29) is 5.41 Å². The average Bonchev–Trinajstić information content (AvgIpc) is 2.67. The minimum atomic E-state index is -0.926. The first-order valence-electron chi connectivity index (χ1n) is 11.6. The van der Waals surface area contributed by atoms with Crippen molar-refractivity contribution < 1.29 is 14.6 Å². The van der Waals surface area contributed by atoms with Crippen molar-refractivity contribution in [2.24, 2.45) is 5.41 Å². The summed E-state index contributed by atoms with van der Waals surface area (Å²) in [6.07, 6.45) is 17.7. The smallest absolute Gasteiger partial charge is 0.332 e. The summed E-state index contributed by atoms with van der Waals surface area (Å²) in [6.45, 7) is 19.3. The van der Waals surface area contributed by atoms with Crippen LogP contribution in [0.1, 0.15) is 93.4 Å². The number of ether oxygens (including phenoxy) is 1. The van der Waals surface area contributed by atoms with Gasteiger partial charge in [-0.1, -0.05) is 73.1 Å². The number of aliphatic carboxylic acids is 1. The van der Waals surface area contributed by atoms with Crippen molar-refractivity contribution in [3.05, 3.63) is 59.3 Å². The van der Waals surface area contributed by atoms with Gasteiger partial charge in [0.1, 0.15) is 0 Å². The zero-order chi connectivity index (χ0) is 23.9. The van der Waals surface area contributed by atoms with Gasteiger partial charge in [0.2, 0.25) is 0 Å². The predicted molar refractivity (Wildman–Crippen MR) is 134 cm³/mol. The lowest BCUT2D eigenvalue weighted by Gasteiger charge is -2.20. The van der Waals surface area contributed by atoms with Crippen LogP contribution in [0, 0.1) is 5.41 Å². The van der Waals surface area contributed by atoms with E-state index in [0.717, 1.165) is 44.9 Å². The Balaban J connectivity index is 4.22. The van der Waals surface area contributed by atoms with Gasteiger partial charge in [0.05, 0.1) is 6.61 Å². The third kappa shape index (κ3) is 17.5. The Hall–Kier alpha value is -1.87. The summed E-state index contributed by atoms with van der Waals surface area (Å²) in [6, 6.07) is 0. The van der Waals surface area contributed by atoms with E-state index < -0.39 is 12.1 Å². The number of carboxylic acids is 1. The molecule has 31 heavy (non-hydrogen) atoms. The first kappa shape index (κ1) is 29.1. The van der Waals surface area contributed by atoms with E-state index in [1.54, 1.807) is 6.92 Å². The van der Waals surface area contributed by atoms with Crippen LogP contribution < -0.4 is 0 Å². The molecule has 0 aromatic rings. The maximum atomic E-state index is 10.7. The molecule has 0 saturated heterocycles. The summed E-state index contributed by atoms with van der Waals surface area (Å²) in [4.78, 5) is 10.7. The fraction of sp³-hybridized carbons (Fsp3) is 0.607. The number of carboxylic acid groups (broad SMARTS) is 1. The van der Waals surface area contributed by atoms with Crippen LogP contribution in [0.2, 0.25) is 0 Å². The van der Waals surface area contributed by atoms with Crippen LogP contribution in [-0.2, 0) is 9.53 Å². The molecule has 0 aromatic heterocycles. The second kappa shape index (κ2) is 15.9. The van der Waals surface area contributed by atoms with Gasteiger partial charge in [-0.3, -0.25) is 0 Å². The average molecular weight is 431 g/mol. The second-order valence-corrected chi connectivity index (χ2v) is 9.62. The molecule has 0 aliphatic rings. The van der Waals surface area contributed by atoms with Gasteiger partial charge in [0, 0.05) is 0 Å². The Morgan fingerprint density at radius 2 is 1.61 bits per heavy atom. The Kier molecular flexibility index (Phi) is 14.9. The van der Waals surface area contributed by atoms with E-state index in [1.165, 1.54) is 22.3 Å². The topological polar surface area (TPSA) is 46.5 Å². The van der Waals surface area contributed by atoms with E-state index in [0.29, 0.717) is 6.61 Å². The van der Waals surface area contributed by atoms with E-state index in [9.17, 15) is 4.79 Å². The van der Waals surface area contributed by atoms with Crippen molar-refractivity contribution in [1.82, 2.24) is 0 Å². The van der Waals surface area contributed by atoms with Gasteiger partial charge >= 0.3 is 5.97 Å². The molecular formula is C28H46O3. The van der Waals surface area contributed by atoms with Crippen molar-refractivity contribution in [2.45, 2.75) is 99.5 Å². The zero-order valence-corrected chi connectivity index (χ0v) is 21.1. The molecule has 1 N–H and O–H groups in total. The maximum Gasteiger partial charge on any atom is 0.332 e. The predicted octanol–water partition coefficient (Wildman–Crippen LogP) is 8.20.